The number of carbonyl (C=O) groups excluding carboxylic acids is 1. The molecule has 2 aromatic rings. The summed E-state index contributed by atoms with van der Waals surface area (Å²) < 4.78 is 5.52. The Morgan fingerprint density at radius 2 is 2.17 bits per heavy atom. The maximum atomic E-state index is 11.6. The minimum atomic E-state index is -0.0585. The molecule has 1 aliphatic heterocycles. The number of nitrogens with zero attached hydrogens (tertiary/aromatic N) is 4. The van der Waals surface area contributed by atoms with E-state index >= 15 is 0 Å². The lowest BCUT2D eigenvalue weighted by atomic mass is 9.73. The van der Waals surface area contributed by atoms with Crippen molar-refractivity contribution < 1.29 is 9.32 Å². The fraction of sp³-hybridized carbons (Fsp3) is 0.556. The molecule has 2 aromatic heterocycles. The molecule has 24 heavy (non-hydrogen) atoms. The molecule has 0 bridgehead atoms. The summed E-state index contributed by atoms with van der Waals surface area (Å²) in [6.07, 6.45) is 8.99. The molecule has 0 N–H and O–H groups in total. The number of likely N-dealkylation sites (tertiary alicyclic amines) is 1. The number of aromatic nitrogens is 3. The second-order valence-corrected chi connectivity index (χ2v) is 7.10. The first-order chi connectivity index (χ1) is 11.7. The van der Waals surface area contributed by atoms with Gasteiger partial charge in [0.15, 0.2) is 5.82 Å². The zero-order chi connectivity index (χ0) is 16.6. The van der Waals surface area contributed by atoms with Crippen LogP contribution in [0.5, 0.6) is 0 Å². The highest BCUT2D eigenvalue weighted by Crippen LogP contribution is 2.46. The molecule has 0 radical (unpaired) electrons. The molecule has 126 valence electrons. The van der Waals surface area contributed by atoms with E-state index in [9.17, 15) is 4.79 Å². The van der Waals surface area contributed by atoms with Crippen LogP contribution in [0.2, 0.25) is 0 Å². The standard InChI is InChI=1S/C18H22N4O2/c1-13(23)22-9-6-18(7-10-22,11-14-4-5-14)17-20-16(24-21-17)15-3-2-8-19-12-15/h2-3,8,12,14H,4-7,9-11H2,1H3. The van der Waals surface area contributed by atoms with Crippen molar-refractivity contribution in [2.75, 3.05) is 13.1 Å². The van der Waals surface area contributed by atoms with Crippen molar-refractivity contribution in [1.82, 2.24) is 20.0 Å². The van der Waals surface area contributed by atoms with Crippen LogP contribution in [-0.4, -0.2) is 39.0 Å². The summed E-state index contributed by atoms with van der Waals surface area (Å²) in [5, 5.41) is 4.32. The maximum absolute atomic E-state index is 11.6. The van der Waals surface area contributed by atoms with Crippen molar-refractivity contribution in [1.29, 1.82) is 0 Å². The van der Waals surface area contributed by atoms with E-state index in [0.717, 1.165) is 49.7 Å². The van der Waals surface area contributed by atoms with Crippen LogP contribution < -0.4 is 0 Å². The highest BCUT2D eigenvalue weighted by Gasteiger charge is 2.44. The molecule has 2 aliphatic rings. The summed E-state index contributed by atoms with van der Waals surface area (Å²) in [7, 11) is 0. The summed E-state index contributed by atoms with van der Waals surface area (Å²) in [4.78, 5) is 22.4. The van der Waals surface area contributed by atoms with Crippen LogP contribution in [-0.2, 0) is 10.2 Å². The lowest BCUT2D eigenvalue weighted by Crippen LogP contribution is -2.45. The SMILES string of the molecule is CC(=O)N1CCC(CC2CC2)(c2noc(-c3cccnc3)n2)CC1. The van der Waals surface area contributed by atoms with Crippen LogP contribution in [0.3, 0.4) is 0 Å². The largest absolute Gasteiger partial charge is 0.343 e. The van der Waals surface area contributed by atoms with Gasteiger partial charge in [-0.3, -0.25) is 9.78 Å². The number of rotatable bonds is 4. The van der Waals surface area contributed by atoms with E-state index in [4.69, 9.17) is 9.51 Å². The van der Waals surface area contributed by atoms with E-state index in [0.29, 0.717) is 5.89 Å². The molecule has 3 heterocycles. The van der Waals surface area contributed by atoms with Gasteiger partial charge in [0, 0.05) is 37.8 Å². The summed E-state index contributed by atoms with van der Waals surface area (Å²) in [6.45, 7) is 3.19. The summed E-state index contributed by atoms with van der Waals surface area (Å²) in [5.74, 6) is 2.26. The van der Waals surface area contributed by atoms with Gasteiger partial charge in [0.2, 0.25) is 5.91 Å². The molecule has 0 aromatic carbocycles. The number of pyridine rings is 1. The molecule has 6 heteroatoms. The van der Waals surface area contributed by atoms with E-state index in [1.54, 1.807) is 19.3 Å². The highest BCUT2D eigenvalue weighted by molar-refractivity contribution is 5.73. The van der Waals surface area contributed by atoms with Crippen LogP contribution in [0, 0.1) is 5.92 Å². The number of hydrogen-bond donors (Lipinski definition) is 0. The highest BCUT2D eigenvalue weighted by atomic mass is 16.5. The Morgan fingerprint density at radius 3 is 2.79 bits per heavy atom. The molecular weight excluding hydrogens is 304 g/mol. The molecule has 1 amide bonds. The first-order valence-corrected chi connectivity index (χ1v) is 8.66. The van der Waals surface area contributed by atoms with Crippen molar-refractivity contribution in [3.63, 3.8) is 0 Å². The fourth-order valence-corrected chi connectivity index (χ4v) is 3.69. The smallest absolute Gasteiger partial charge is 0.259 e. The lowest BCUT2D eigenvalue weighted by molar-refractivity contribution is -0.130. The van der Waals surface area contributed by atoms with Gasteiger partial charge in [-0.2, -0.15) is 4.98 Å². The first kappa shape index (κ1) is 15.3. The normalized spacial score (nSPS) is 20.1. The third kappa shape index (κ3) is 2.92. The monoisotopic (exact) mass is 326 g/mol. The Hall–Kier alpha value is -2.24. The van der Waals surface area contributed by atoms with Gasteiger partial charge >= 0.3 is 0 Å². The number of hydrogen-bond acceptors (Lipinski definition) is 5. The quantitative estimate of drug-likeness (QED) is 0.864. The van der Waals surface area contributed by atoms with Gasteiger partial charge in [0.05, 0.1) is 5.56 Å². The molecule has 0 atom stereocenters. The zero-order valence-corrected chi connectivity index (χ0v) is 13.9. The number of carbonyl (C=O) groups is 1. The van der Waals surface area contributed by atoms with Gasteiger partial charge in [0.1, 0.15) is 0 Å². The molecule has 0 unspecified atom stereocenters. The second-order valence-electron chi connectivity index (χ2n) is 7.10. The van der Waals surface area contributed by atoms with Gasteiger partial charge in [-0.25, -0.2) is 0 Å². The van der Waals surface area contributed by atoms with Crippen LogP contribution in [0.15, 0.2) is 29.0 Å². The van der Waals surface area contributed by atoms with Gasteiger partial charge in [-0.15, -0.1) is 0 Å². The second kappa shape index (κ2) is 6.00. The summed E-state index contributed by atoms with van der Waals surface area (Å²) in [5.41, 5.74) is 0.788. The van der Waals surface area contributed by atoms with Crippen molar-refractivity contribution in [3.05, 3.63) is 30.4 Å². The van der Waals surface area contributed by atoms with Gasteiger partial charge in [-0.05, 0) is 37.3 Å². The Labute approximate surface area is 141 Å². The van der Waals surface area contributed by atoms with E-state index in [1.807, 2.05) is 17.0 Å². The zero-order valence-electron chi connectivity index (χ0n) is 13.9. The Morgan fingerprint density at radius 1 is 1.38 bits per heavy atom. The molecule has 1 saturated heterocycles. The van der Waals surface area contributed by atoms with Crippen LogP contribution in [0.4, 0.5) is 0 Å². The summed E-state index contributed by atoms with van der Waals surface area (Å²) >= 11 is 0. The maximum Gasteiger partial charge on any atom is 0.259 e. The van der Waals surface area contributed by atoms with Crippen molar-refractivity contribution in [3.8, 4) is 11.5 Å². The van der Waals surface area contributed by atoms with Gasteiger partial charge in [0.25, 0.3) is 5.89 Å². The Balaban J connectivity index is 1.60. The first-order valence-electron chi connectivity index (χ1n) is 8.66. The van der Waals surface area contributed by atoms with E-state index in [2.05, 4.69) is 10.1 Å². The van der Waals surface area contributed by atoms with Crippen molar-refractivity contribution in [2.45, 2.75) is 44.4 Å². The topological polar surface area (TPSA) is 72.1 Å². The predicted molar refractivity (Wildman–Crippen MR) is 88.0 cm³/mol. The third-order valence-corrected chi connectivity index (χ3v) is 5.35. The third-order valence-electron chi connectivity index (χ3n) is 5.35. The molecule has 0 spiro atoms. The molecule has 1 aliphatic carbocycles. The van der Waals surface area contributed by atoms with Crippen molar-refractivity contribution >= 4 is 5.91 Å². The number of piperidine rings is 1. The predicted octanol–water partition coefficient (Wildman–Crippen LogP) is 2.81. The minimum Gasteiger partial charge on any atom is -0.343 e. The van der Waals surface area contributed by atoms with E-state index in [-0.39, 0.29) is 11.3 Å². The number of amides is 1. The minimum absolute atomic E-state index is 0.0585. The van der Waals surface area contributed by atoms with Crippen LogP contribution >= 0.6 is 0 Å². The summed E-state index contributed by atoms with van der Waals surface area (Å²) in [6, 6.07) is 3.79. The molecule has 1 saturated carbocycles. The van der Waals surface area contributed by atoms with E-state index < -0.39 is 0 Å². The average molecular weight is 326 g/mol. The van der Waals surface area contributed by atoms with Gasteiger partial charge in [-0.1, -0.05) is 18.0 Å². The molecule has 6 nitrogen and oxygen atoms in total. The molecular formula is C18H22N4O2. The Bertz CT molecular complexity index is 716. The Kier molecular flexibility index (Phi) is 3.82. The van der Waals surface area contributed by atoms with E-state index in [1.165, 1.54) is 12.8 Å². The van der Waals surface area contributed by atoms with Crippen LogP contribution in [0.25, 0.3) is 11.5 Å². The fourth-order valence-electron chi connectivity index (χ4n) is 3.69. The average Bonchev–Trinajstić information content (AvgIpc) is 3.27. The van der Waals surface area contributed by atoms with Crippen LogP contribution in [0.1, 0.15) is 44.9 Å². The molecule has 4 rings (SSSR count). The van der Waals surface area contributed by atoms with Gasteiger partial charge < -0.3 is 9.42 Å². The lowest BCUT2D eigenvalue weighted by Gasteiger charge is -2.39. The van der Waals surface area contributed by atoms with Crippen molar-refractivity contribution in [2.24, 2.45) is 5.92 Å². The molecule has 2 fully saturated rings.